The number of benzene rings is 2. The highest BCUT2D eigenvalue weighted by atomic mass is 35.5. The number of halogens is 1. The fourth-order valence-corrected chi connectivity index (χ4v) is 3.42. The van der Waals surface area contributed by atoms with Crippen LogP contribution in [0.2, 0.25) is 5.02 Å². The lowest BCUT2D eigenvalue weighted by molar-refractivity contribution is 0.0953. The number of nitrogens with zero attached hydrogens (tertiary/aromatic N) is 2. The van der Waals surface area contributed by atoms with Gasteiger partial charge < -0.3 is 5.32 Å². The zero-order valence-corrected chi connectivity index (χ0v) is 14.6. The number of hydrogen-bond donors (Lipinski definition) is 1. The van der Waals surface area contributed by atoms with Crippen molar-refractivity contribution < 1.29 is 4.79 Å². The van der Waals surface area contributed by atoms with Crippen molar-refractivity contribution in [2.24, 2.45) is 5.92 Å². The van der Waals surface area contributed by atoms with Crippen molar-refractivity contribution in [2.75, 3.05) is 5.32 Å². The molecule has 1 aliphatic carbocycles. The van der Waals surface area contributed by atoms with Gasteiger partial charge in [0, 0.05) is 17.1 Å². The van der Waals surface area contributed by atoms with E-state index in [1.54, 1.807) is 0 Å². The van der Waals surface area contributed by atoms with Crippen LogP contribution < -0.4 is 5.32 Å². The van der Waals surface area contributed by atoms with Crippen LogP contribution >= 0.6 is 11.6 Å². The predicted molar refractivity (Wildman–Crippen MR) is 100 cm³/mol. The Morgan fingerprint density at radius 3 is 2.52 bits per heavy atom. The number of Topliss-reactive ketones (excluding diaryl/α,β-unsaturated/α-hetero) is 1. The molecule has 4 rings (SSSR count). The smallest absolute Gasteiger partial charge is 0.168 e. The summed E-state index contributed by atoms with van der Waals surface area (Å²) in [5.74, 6) is 1.08. The molecule has 4 nitrogen and oxygen atoms in total. The van der Waals surface area contributed by atoms with Crippen LogP contribution in [-0.4, -0.2) is 15.6 Å². The molecule has 1 unspecified atom stereocenters. The number of hydrogen-bond acceptors (Lipinski definition) is 3. The first-order chi connectivity index (χ1) is 12.1. The van der Waals surface area contributed by atoms with Gasteiger partial charge in [-0.05, 0) is 48.7 Å². The number of rotatable bonds is 3. The maximum Gasteiger partial charge on any atom is 0.168 e. The quantitative estimate of drug-likeness (QED) is 0.719. The molecule has 2 aromatic carbocycles. The van der Waals surface area contributed by atoms with Gasteiger partial charge in [0.2, 0.25) is 0 Å². The van der Waals surface area contributed by atoms with Gasteiger partial charge in [0.1, 0.15) is 0 Å². The second kappa shape index (κ2) is 6.37. The first-order valence-electron chi connectivity index (χ1n) is 8.35. The molecule has 0 bridgehead atoms. The molecule has 0 spiro atoms. The Kier molecular flexibility index (Phi) is 4.06. The van der Waals surface area contributed by atoms with Gasteiger partial charge in [-0.25, -0.2) is 4.68 Å². The van der Waals surface area contributed by atoms with Crippen molar-refractivity contribution in [3.63, 3.8) is 0 Å². The van der Waals surface area contributed by atoms with E-state index in [2.05, 4.69) is 12.2 Å². The lowest BCUT2D eigenvalue weighted by atomic mass is 9.87. The van der Waals surface area contributed by atoms with Gasteiger partial charge >= 0.3 is 0 Å². The third-order valence-corrected chi connectivity index (χ3v) is 4.70. The second-order valence-electron chi connectivity index (χ2n) is 6.49. The third kappa shape index (κ3) is 3.05. The summed E-state index contributed by atoms with van der Waals surface area (Å²) in [6, 6.07) is 17.3. The predicted octanol–water partition coefficient (Wildman–Crippen LogP) is 5.03. The number of para-hydroxylation sites is 1. The molecule has 0 saturated carbocycles. The third-order valence-electron chi connectivity index (χ3n) is 4.44. The largest absolute Gasteiger partial charge is 0.338 e. The molecule has 1 aliphatic rings. The maximum absolute atomic E-state index is 12.7. The molecule has 25 heavy (non-hydrogen) atoms. The minimum atomic E-state index is 0.146. The summed E-state index contributed by atoms with van der Waals surface area (Å²) in [5, 5.41) is 8.67. The van der Waals surface area contributed by atoms with Crippen LogP contribution in [0.5, 0.6) is 0 Å². The van der Waals surface area contributed by atoms with Gasteiger partial charge in [0.25, 0.3) is 0 Å². The van der Waals surface area contributed by atoms with E-state index in [0.29, 0.717) is 28.7 Å². The van der Waals surface area contributed by atoms with Crippen molar-refractivity contribution in [1.82, 2.24) is 9.78 Å². The molecule has 1 aromatic heterocycles. The van der Waals surface area contributed by atoms with Crippen LogP contribution in [0.4, 0.5) is 11.5 Å². The minimum Gasteiger partial charge on any atom is -0.338 e. The molecule has 126 valence electrons. The summed E-state index contributed by atoms with van der Waals surface area (Å²) in [6.07, 6.45) is 1.40. The molecule has 0 amide bonds. The van der Waals surface area contributed by atoms with Crippen LogP contribution in [-0.2, 0) is 6.42 Å². The molecule has 0 saturated heterocycles. The molecule has 3 aromatic rings. The van der Waals surface area contributed by atoms with Crippen LogP contribution in [0, 0.1) is 5.92 Å². The monoisotopic (exact) mass is 351 g/mol. The standard InChI is InChI=1S/C20H18ClN3O/c1-13-11-17-19(18(25)12-13)20(22-15-9-7-14(21)8-10-15)23-24(17)16-5-3-2-4-6-16/h2-10,13H,11-12H2,1H3,(H,22,23). The topological polar surface area (TPSA) is 46.9 Å². The normalized spacial score (nSPS) is 16.6. The Bertz CT molecular complexity index is 916. The first kappa shape index (κ1) is 15.9. The molecule has 1 N–H and O–H groups in total. The first-order valence-corrected chi connectivity index (χ1v) is 8.72. The van der Waals surface area contributed by atoms with Crippen LogP contribution in [0.3, 0.4) is 0 Å². The number of aromatic nitrogens is 2. The Morgan fingerprint density at radius 1 is 1.08 bits per heavy atom. The van der Waals surface area contributed by atoms with E-state index in [-0.39, 0.29) is 5.78 Å². The average molecular weight is 352 g/mol. The molecule has 1 heterocycles. The molecule has 0 radical (unpaired) electrons. The van der Waals surface area contributed by atoms with E-state index >= 15 is 0 Å². The van der Waals surface area contributed by atoms with Gasteiger partial charge in [-0.3, -0.25) is 4.79 Å². The molecule has 0 aliphatic heterocycles. The number of anilines is 2. The number of nitrogens with one attached hydrogen (secondary N) is 1. The Morgan fingerprint density at radius 2 is 1.80 bits per heavy atom. The van der Waals surface area contributed by atoms with Crippen molar-refractivity contribution in [1.29, 1.82) is 0 Å². The molecular weight excluding hydrogens is 334 g/mol. The Balaban J connectivity index is 1.82. The van der Waals surface area contributed by atoms with E-state index in [1.165, 1.54) is 0 Å². The summed E-state index contributed by atoms with van der Waals surface area (Å²) < 4.78 is 1.89. The molecule has 0 fully saturated rings. The summed E-state index contributed by atoms with van der Waals surface area (Å²) in [6.45, 7) is 2.11. The summed E-state index contributed by atoms with van der Waals surface area (Å²) in [4.78, 5) is 12.7. The van der Waals surface area contributed by atoms with Crippen LogP contribution in [0.1, 0.15) is 29.4 Å². The van der Waals surface area contributed by atoms with Gasteiger partial charge in [-0.2, -0.15) is 0 Å². The van der Waals surface area contributed by atoms with E-state index < -0.39 is 0 Å². The number of carbonyl (C=O) groups excluding carboxylic acids is 1. The Hall–Kier alpha value is -2.59. The number of ketones is 1. The minimum absolute atomic E-state index is 0.146. The second-order valence-corrected chi connectivity index (χ2v) is 6.92. The highest BCUT2D eigenvalue weighted by Gasteiger charge is 2.31. The van der Waals surface area contributed by atoms with E-state index in [4.69, 9.17) is 16.7 Å². The molecule has 1 atom stereocenters. The summed E-state index contributed by atoms with van der Waals surface area (Å²) in [7, 11) is 0. The molecular formula is C20H18ClN3O. The Labute approximate surface area is 151 Å². The van der Waals surface area contributed by atoms with E-state index in [1.807, 2.05) is 59.3 Å². The van der Waals surface area contributed by atoms with E-state index in [0.717, 1.165) is 23.5 Å². The van der Waals surface area contributed by atoms with Gasteiger partial charge in [-0.15, -0.1) is 5.10 Å². The summed E-state index contributed by atoms with van der Waals surface area (Å²) >= 11 is 5.95. The number of carbonyl (C=O) groups is 1. The van der Waals surface area contributed by atoms with Crippen molar-refractivity contribution in [2.45, 2.75) is 19.8 Å². The van der Waals surface area contributed by atoms with Crippen molar-refractivity contribution in [3.05, 3.63) is 70.9 Å². The average Bonchev–Trinajstić information content (AvgIpc) is 2.96. The zero-order chi connectivity index (χ0) is 17.4. The number of fused-ring (bicyclic) bond motifs is 1. The van der Waals surface area contributed by atoms with Crippen molar-refractivity contribution in [3.8, 4) is 5.69 Å². The van der Waals surface area contributed by atoms with Gasteiger partial charge in [0.05, 0.1) is 16.9 Å². The van der Waals surface area contributed by atoms with E-state index in [9.17, 15) is 4.79 Å². The maximum atomic E-state index is 12.7. The lowest BCUT2D eigenvalue weighted by Crippen LogP contribution is -2.19. The SMILES string of the molecule is CC1CC(=O)c2c(Nc3ccc(Cl)cc3)nn(-c3ccccc3)c2C1. The van der Waals surface area contributed by atoms with Gasteiger partial charge in [-0.1, -0.05) is 36.7 Å². The van der Waals surface area contributed by atoms with Crippen LogP contribution in [0.25, 0.3) is 5.69 Å². The fourth-order valence-electron chi connectivity index (χ4n) is 3.30. The van der Waals surface area contributed by atoms with Crippen molar-refractivity contribution >= 4 is 28.9 Å². The highest BCUT2D eigenvalue weighted by Crippen LogP contribution is 2.33. The molecule has 5 heteroatoms. The highest BCUT2D eigenvalue weighted by molar-refractivity contribution is 6.30. The lowest BCUT2D eigenvalue weighted by Gasteiger charge is -2.19. The summed E-state index contributed by atoms with van der Waals surface area (Å²) in [5.41, 5.74) is 3.50. The fraction of sp³-hybridized carbons (Fsp3) is 0.200. The van der Waals surface area contributed by atoms with Crippen LogP contribution in [0.15, 0.2) is 54.6 Å². The zero-order valence-electron chi connectivity index (χ0n) is 13.9. The van der Waals surface area contributed by atoms with Gasteiger partial charge in [0.15, 0.2) is 11.6 Å².